The molecule has 0 radical (unpaired) electrons. The van der Waals surface area contributed by atoms with Gasteiger partial charge in [-0.3, -0.25) is 4.79 Å². The Morgan fingerprint density at radius 1 is 1.29 bits per heavy atom. The number of thiophene rings is 1. The second-order valence-corrected chi connectivity index (χ2v) is 6.02. The second kappa shape index (κ2) is 8.17. The molecule has 5 heteroatoms. The summed E-state index contributed by atoms with van der Waals surface area (Å²) >= 11 is 1.68. The van der Waals surface area contributed by atoms with Gasteiger partial charge in [0.2, 0.25) is 5.91 Å². The Hall–Kier alpha value is -1.36. The molecule has 0 aliphatic rings. The fourth-order valence-electron chi connectivity index (χ4n) is 2.10. The molecule has 114 valence electrons. The lowest BCUT2D eigenvalue weighted by Gasteiger charge is -2.21. The number of nitrogens with two attached hydrogens (primary N) is 1. The van der Waals surface area contributed by atoms with Crippen molar-refractivity contribution in [3.8, 4) is 0 Å². The van der Waals surface area contributed by atoms with E-state index < -0.39 is 6.04 Å². The number of likely N-dealkylation sites (N-methyl/N-ethyl adjacent to an activating group) is 1. The molecule has 1 amide bonds. The third-order valence-corrected chi connectivity index (χ3v) is 4.35. The van der Waals surface area contributed by atoms with Gasteiger partial charge in [-0.05, 0) is 35.9 Å². The molecule has 21 heavy (non-hydrogen) atoms. The van der Waals surface area contributed by atoms with E-state index in [-0.39, 0.29) is 18.3 Å². The Kier molecular flexibility index (Phi) is 6.89. The first-order valence-electron chi connectivity index (χ1n) is 6.65. The molecule has 0 aliphatic carbocycles. The fourth-order valence-corrected chi connectivity index (χ4v) is 3.06. The van der Waals surface area contributed by atoms with E-state index in [1.807, 2.05) is 42.8 Å². The highest BCUT2D eigenvalue weighted by atomic mass is 35.5. The summed E-state index contributed by atoms with van der Waals surface area (Å²) in [5.41, 5.74) is 8.35. The van der Waals surface area contributed by atoms with Crippen LogP contribution < -0.4 is 5.73 Å². The van der Waals surface area contributed by atoms with Gasteiger partial charge in [-0.25, -0.2) is 0 Å². The summed E-state index contributed by atoms with van der Waals surface area (Å²) in [6.45, 7) is 2.69. The lowest BCUT2D eigenvalue weighted by Crippen LogP contribution is -2.42. The Bertz CT molecular complexity index is 571. The van der Waals surface area contributed by atoms with Gasteiger partial charge in [-0.2, -0.15) is 0 Å². The van der Waals surface area contributed by atoms with Crippen molar-refractivity contribution >= 4 is 29.7 Å². The minimum atomic E-state index is -0.484. The van der Waals surface area contributed by atoms with E-state index in [9.17, 15) is 4.79 Å². The summed E-state index contributed by atoms with van der Waals surface area (Å²) in [6.07, 6.45) is 0.577. The number of benzene rings is 1. The number of amides is 1. The Labute approximate surface area is 136 Å². The van der Waals surface area contributed by atoms with Crippen LogP contribution in [0.25, 0.3) is 0 Å². The molecule has 2 N–H and O–H groups in total. The zero-order valence-corrected chi connectivity index (χ0v) is 13.9. The van der Waals surface area contributed by atoms with Crippen molar-refractivity contribution in [2.45, 2.75) is 25.9 Å². The van der Waals surface area contributed by atoms with Gasteiger partial charge in [0.1, 0.15) is 0 Å². The number of hydrogen-bond acceptors (Lipinski definition) is 3. The van der Waals surface area contributed by atoms with E-state index in [0.29, 0.717) is 13.0 Å². The molecule has 3 nitrogen and oxygen atoms in total. The maximum absolute atomic E-state index is 12.3. The van der Waals surface area contributed by atoms with Crippen molar-refractivity contribution in [3.05, 3.63) is 57.8 Å². The standard InChI is InChI=1S/C16H20N2OS.ClH/c1-12-8-9-20-15(12)11-18(2)16(19)14(17)10-13-6-4-3-5-7-13;/h3-9,14H,10-11,17H2,1-2H3;1H. The predicted octanol–water partition coefficient (Wildman–Crippen LogP) is 3.01. The molecule has 0 fully saturated rings. The molecule has 0 spiro atoms. The monoisotopic (exact) mass is 324 g/mol. The summed E-state index contributed by atoms with van der Waals surface area (Å²) in [4.78, 5) is 15.2. The van der Waals surface area contributed by atoms with Crippen LogP contribution in [-0.4, -0.2) is 23.9 Å². The third kappa shape index (κ3) is 4.84. The molecular weight excluding hydrogens is 304 g/mol. The summed E-state index contributed by atoms with van der Waals surface area (Å²) in [7, 11) is 1.81. The molecule has 0 saturated heterocycles. The number of rotatable bonds is 5. The van der Waals surface area contributed by atoms with Crippen LogP contribution in [0.4, 0.5) is 0 Å². The minimum absolute atomic E-state index is 0. The van der Waals surface area contributed by atoms with Crippen LogP contribution in [-0.2, 0) is 17.8 Å². The van der Waals surface area contributed by atoms with Crippen molar-refractivity contribution in [1.82, 2.24) is 4.90 Å². The third-order valence-electron chi connectivity index (χ3n) is 3.34. The van der Waals surface area contributed by atoms with Crippen LogP contribution in [0.5, 0.6) is 0 Å². The molecule has 0 bridgehead atoms. The van der Waals surface area contributed by atoms with Crippen LogP contribution in [0.2, 0.25) is 0 Å². The SMILES string of the molecule is Cc1ccsc1CN(C)C(=O)C(N)Cc1ccccc1.Cl. The van der Waals surface area contributed by atoms with E-state index >= 15 is 0 Å². The summed E-state index contributed by atoms with van der Waals surface area (Å²) in [5, 5.41) is 2.05. The number of aryl methyl sites for hydroxylation is 1. The zero-order valence-electron chi connectivity index (χ0n) is 12.3. The molecule has 1 atom stereocenters. The molecule has 2 aromatic rings. The van der Waals surface area contributed by atoms with Gasteiger partial charge in [0.05, 0.1) is 12.6 Å². The predicted molar refractivity (Wildman–Crippen MR) is 90.9 cm³/mol. The van der Waals surface area contributed by atoms with Gasteiger partial charge >= 0.3 is 0 Å². The van der Waals surface area contributed by atoms with Gasteiger partial charge in [0.25, 0.3) is 0 Å². The Morgan fingerprint density at radius 3 is 2.52 bits per heavy atom. The van der Waals surface area contributed by atoms with E-state index in [1.54, 1.807) is 16.2 Å². The van der Waals surface area contributed by atoms with Crippen molar-refractivity contribution in [3.63, 3.8) is 0 Å². The normalized spacial score (nSPS) is 11.6. The first-order chi connectivity index (χ1) is 9.58. The minimum Gasteiger partial charge on any atom is -0.339 e. The number of carbonyl (C=O) groups excluding carboxylic acids is 1. The highest BCUT2D eigenvalue weighted by molar-refractivity contribution is 7.10. The maximum atomic E-state index is 12.3. The lowest BCUT2D eigenvalue weighted by molar-refractivity contribution is -0.131. The quantitative estimate of drug-likeness (QED) is 0.919. The van der Waals surface area contributed by atoms with Crippen molar-refractivity contribution in [2.24, 2.45) is 5.73 Å². The average molecular weight is 325 g/mol. The number of carbonyl (C=O) groups is 1. The van der Waals surface area contributed by atoms with Gasteiger partial charge in [-0.1, -0.05) is 30.3 Å². The van der Waals surface area contributed by atoms with Crippen LogP contribution >= 0.6 is 23.7 Å². The molecule has 0 aliphatic heterocycles. The fraction of sp³-hybridized carbons (Fsp3) is 0.312. The van der Waals surface area contributed by atoms with Crippen molar-refractivity contribution < 1.29 is 4.79 Å². The molecule has 1 aromatic heterocycles. The average Bonchev–Trinajstić information content (AvgIpc) is 2.84. The molecular formula is C16H21ClN2OS. The van der Waals surface area contributed by atoms with Crippen molar-refractivity contribution in [1.29, 1.82) is 0 Å². The molecule has 1 aromatic carbocycles. The number of hydrogen-bond donors (Lipinski definition) is 1. The first kappa shape index (κ1) is 17.7. The second-order valence-electron chi connectivity index (χ2n) is 5.02. The Morgan fingerprint density at radius 2 is 1.95 bits per heavy atom. The zero-order chi connectivity index (χ0) is 14.5. The highest BCUT2D eigenvalue weighted by Gasteiger charge is 2.19. The summed E-state index contributed by atoms with van der Waals surface area (Å²) in [5.74, 6) is -0.0124. The number of halogens is 1. The Balaban J connectivity index is 0.00000220. The number of nitrogens with zero attached hydrogens (tertiary/aromatic N) is 1. The van der Waals surface area contributed by atoms with Gasteiger partial charge < -0.3 is 10.6 Å². The lowest BCUT2D eigenvalue weighted by atomic mass is 10.1. The van der Waals surface area contributed by atoms with Crippen LogP contribution in [0, 0.1) is 6.92 Å². The molecule has 0 saturated carbocycles. The first-order valence-corrected chi connectivity index (χ1v) is 7.53. The van der Waals surface area contributed by atoms with Gasteiger partial charge in [-0.15, -0.1) is 23.7 Å². The maximum Gasteiger partial charge on any atom is 0.239 e. The van der Waals surface area contributed by atoms with Crippen LogP contribution in [0.3, 0.4) is 0 Å². The van der Waals surface area contributed by atoms with Crippen LogP contribution in [0.1, 0.15) is 16.0 Å². The summed E-state index contributed by atoms with van der Waals surface area (Å²) in [6, 6.07) is 11.5. The highest BCUT2D eigenvalue weighted by Crippen LogP contribution is 2.17. The molecule has 1 heterocycles. The molecule has 1 unspecified atom stereocenters. The summed E-state index contributed by atoms with van der Waals surface area (Å²) < 4.78 is 0. The largest absolute Gasteiger partial charge is 0.339 e. The van der Waals surface area contributed by atoms with E-state index in [1.165, 1.54) is 10.4 Å². The van der Waals surface area contributed by atoms with Crippen molar-refractivity contribution in [2.75, 3.05) is 7.05 Å². The van der Waals surface area contributed by atoms with Gasteiger partial charge in [0.15, 0.2) is 0 Å². The van der Waals surface area contributed by atoms with Crippen LogP contribution in [0.15, 0.2) is 41.8 Å². The molecule has 2 rings (SSSR count). The van der Waals surface area contributed by atoms with E-state index in [2.05, 4.69) is 13.0 Å². The van der Waals surface area contributed by atoms with Gasteiger partial charge in [0, 0.05) is 11.9 Å². The smallest absolute Gasteiger partial charge is 0.239 e. The van der Waals surface area contributed by atoms with E-state index in [4.69, 9.17) is 5.73 Å². The van der Waals surface area contributed by atoms with E-state index in [0.717, 1.165) is 5.56 Å². The topological polar surface area (TPSA) is 46.3 Å².